The lowest BCUT2D eigenvalue weighted by Crippen LogP contribution is -2.15. The Morgan fingerprint density at radius 3 is 2.83 bits per heavy atom. The fourth-order valence-electron chi connectivity index (χ4n) is 2.38. The lowest BCUT2D eigenvalue weighted by atomic mass is 9.95. The van der Waals surface area contributed by atoms with Gasteiger partial charge in [-0.3, -0.25) is 0 Å². The summed E-state index contributed by atoms with van der Waals surface area (Å²) >= 11 is 3.36. The number of allylic oxidation sites excluding steroid dienone is 2. The molecule has 12 heavy (non-hydrogen) atoms. The Kier molecular flexibility index (Phi) is 2.87. The van der Waals surface area contributed by atoms with E-state index in [9.17, 15) is 0 Å². The van der Waals surface area contributed by atoms with Crippen molar-refractivity contribution in [2.24, 2.45) is 17.8 Å². The van der Waals surface area contributed by atoms with Gasteiger partial charge in [0, 0.05) is 5.33 Å². The standard InChI is InChI=1S/C10H15BrO/c11-3-4-12-7-10-6-8-1-2-9(10)5-8/h1-2,8-10H,3-7H2. The molecule has 3 atom stereocenters. The Balaban J connectivity index is 1.73. The number of hydrogen-bond acceptors (Lipinski definition) is 1. The molecular weight excluding hydrogens is 216 g/mol. The maximum atomic E-state index is 5.54. The summed E-state index contributed by atoms with van der Waals surface area (Å²) in [5, 5.41) is 0.962. The summed E-state index contributed by atoms with van der Waals surface area (Å²) in [6, 6.07) is 0. The van der Waals surface area contributed by atoms with Crippen LogP contribution in [0.5, 0.6) is 0 Å². The number of alkyl halides is 1. The molecule has 0 N–H and O–H groups in total. The molecule has 0 saturated heterocycles. The minimum absolute atomic E-state index is 0.819. The van der Waals surface area contributed by atoms with Crippen LogP contribution in [-0.4, -0.2) is 18.5 Å². The maximum Gasteiger partial charge on any atom is 0.0563 e. The summed E-state index contributed by atoms with van der Waals surface area (Å²) in [5.41, 5.74) is 0. The molecule has 1 saturated carbocycles. The van der Waals surface area contributed by atoms with Crippen LogP contribution in [0.25, 0.3) is 0 Å². The minimum atomic E-state index is 0.819. The number of halogens is 1. The van der Waals surface area contributed by atoms with E-state index >= 15 is 0 Å². The number of fused-ring (bicyclic) bond motifs is 2. The van der Waals surface area contributed by atoms with Crippen LogP contribution >= 0.6 is 15.9 Å². The van der Waals surface area contributed by atoms with E-state index in [1.807, 2.05) is 0 Å². The van der Waals surface area contributed by atoms with Crippen LogP contribution in [0.2, 0.25) is 0 Å². The molecule has 2 rings (SSSR count). The van der Waals surface area contributed by atoms with Gasteiger partial charge < -0.3 is 4.74 Å². The lowest BCUT2D eigenvalue weighted by molar-refractivity contribution is 0.103. The molecule has 1 fully saturated rings. The fourth-order valence-corrected chi connectivity index (χ4v) is 2.60. The van der Waals surface area contributed by atoms with E-state index in [0.717, 1.165) is 36.3 Å². The van der Waals surface area contributed by atoms with Gasteiger partial charge in [-0.2, -0.15) is 0 Å². The van der Waals surface area contributed by atoms with Gasteiger partial charge in [0.05, 0.1) is 13.2 Å². The first-order chi connectivity index (χ1) is 5.90. The van der Waals surface area contributed by atoms with Crippen molar-refractivity contribution in [3.05, 3.63) is 12.2 Å². The predicted octanol–water partition coefficient (Wildman–Crippen LogP) is 2.61. The molecule has 68 valence electrons. The SMILES string of the molecule is BrCCOCC1CC2C=CC1C2. The molecule has 2 bridgehead atoms. The molecule has 2 aliphatic carbocycles. The van der Waals surface area contributed by atoms with E-state index in [1.54, 1.807) is 0 Å². The van der Waals surface area contributed by atoms with Gasteiger partial charge in [-0.1, -0.05) is 28.1 Å². The average Bonchev–Trinajstić information content (AvgIpc) is 2.65. The molecule has 0 aromatic rings. The molecule has 0 aliphatic heterocycles. The summed E-state index contributed by atoms with van der Waals surface area (Å²) in [4.78, 5) is 0. The number of rotatable bonds is 4. The van der Waals surface area contributed by atoms with Crippen LogP contribution in [0.4, 0.5) is 0 Å². The molecule has 0 radical (unpaired) electrons. The normalized spacial score (nSPS) is 37.9. The summed E-state index contributed by atoms with van der Waals surface area (Å²) in [7, 11) is 0. The quantitative estimate of drug-likeness (QED) is 0.410. The highest BCUT2D eigenvalue weighted by Gasteiger charge is 2.35. The van der Waals surface area contributed by atoms with Crippen LogP contribution < -0.4 is 0 Å². The van der Waals surface area contributed by atoms with Gasteiger partial charge in [0.15, 0.2) is 0 Å². The van der Waals surface area contributed by atoms with Crippen molar-refractivity contribution in [1.29, 1.82) is 0 Å². The van der Waals surface area contributed by atoms with Gasteiger partial charge in [0.25, 0.3) is 0 Å². The lowest BCUT2D eigenvalue weighted by Gasteiger charge is -2.17. The summed E-state index contributed by atoms with van der Waals surface area (Å²) < 4.78 is 5.54. The smallest absolute Gasteiger partial charge is 0.0563 e. The topological polar surface area (TPSA) is 9.23 Å². The van der Waals surface area contributed by atoms with Crippen LogP contribution in [-0.2, 0) is 4.74 Å². The van der Waals surface area contributed by atoms with Gasteiger partial charge in [-0.05, 0) is 30.6 Å². The first kappa shape index (κ1) is 8.76. The summed E-state index contributed by atoms with van der Waals surface area (Å²) in [6.45, 7) is 1.83. The zero-order chi connectivity index (χ0) is 8.39. The molecule has 3 unspecified atom stereocenters. The van der Waals surface area contributed by atoms with Gasteiger partial charge in [0.2, 0.25) is 0 Å². The Morgan fingerprint density at radius 1 is 1.33 bits per heavy atom. The van der Waals surface area contributed by atoms with Crippen molar-refractivity contribution in [2.75, 3.05) is 18.5 Å². The van der Waals surface area contributed by atoms with E-state index < -0.39 is 0 Å². The maximum absolute atomic E-state index is 5.54. The number of hydrogen-bond donors (Lipinski definition) is 0. The van der Waals surface area contributed by atoms with E-state index in [0.29, 0.717) is 0 Å². The third-order valence-electron chi connectivity index (χ3n) is 2.97. The molecule has 0 spiro atoms. The monoisotopic (exact) mass is 230 g/mol. The highest BCUT2D eigenvalue weighted by Crippen LogP contribution is 2.43. The second-order valence-corrected chi connectivity index (χ2v) is 4.60. The Morgan fingerprint density at radius 2 is 2.25 bits per heavy atom. The molecule has 0 aromatic heterocycles. The van der Waals surface area contributed by atoms with Crippen LogP contribution in [0.15, 0.2) is 12.2 Å². The highest BCUT2D eigenvalue weighted by atomic mass is 79.9. The summed E-state index contributed by atoms with van der Waals surface area (Å²) in [6.07, 6.45) is 7.52. The van der Waals surface area contributed by atoms with Gasteiger partial charge in [-0.15, -0.1) is 0 Å². The Labute approximate surface area is 82.3 Å². The van der Waals surface area contributed by atoms with Crippen molar-refractivity contribution in [3.63, 3.8) is 0 Å². The van der Waals surface area contributed by atoms with Crippen molar-refractivity contribution in [2.45, 2.75) is 12.8 Å². The fraction of sp³-hybridized carbons (Fsp3) is 0.800. The van der Waals surface area contributed by atoms with Gasteiger partial charge in [0.1, 0.15) is 0 Å². The number of ether oxygens (including phenoxy) is 1. The van der Waals surface area contributed by atoms with Crippen molar-refractivity contribution in [1.82, 2.24) is 0 Å². The zero-order valence-corrected chi connectivity index (χ0v) is 8.79. The van der Waals surface area contributed by atoms with E-state index in [4.69, 9.17) is 4.74 Å². The molecule has 1 nitrogen and oxygen atoms in total. The first-order valence-electron chi connectivity index (χ1n) is 4.72. The van der Waals surface area contributed by atoms with Crippen LogP contribution in [0.3, 0.4) is 0 Å². The van der Waals surface area contributed by atoms with Crippen molar-refractivity contribution in [3.8, 4) is 0 Å². The Bertz CT molecular complexity index is 179. The van der Waals surface area contributed by atoms with E-state index in [-0.39, 0.29) is 0 Å². The summed E-state index contributed by atoms with van der Waals surface area (Å²) in [5.74, 6) is 2.54. The first-order valence-corrected chi connectivity index (χ1v) is 5.84. The second-order valence-electron chi connectivity index (χ2n) is 3.80. The van der Waals surface area contributed by atoms with Crippen LogP contribution in [0.1, 0.15) is 12.8 Å². The molecule has 2 aliphatic rings. The molecule has 2 heteroatoms. The molecule has 0 amide bonds. The Hall–Kier alpha value is 0.180. The third kappa shape index (κ3) is 1.74. The minimum Gasteiger partial charge on any atom is -0.380 e. The molecule has 0 heterocycles. The average molecular weight is 231 g/mol. The molecular formula is C10H15BrO. The molecule has 0 aromatic carbocycles. The predicted molar refractivity (Wildman–Crippen MR) is 53.5 cm³/mol. The van der Waals surface area contributed by atoms with E-state index in [2.05, 4.69) is 28.1 Å². The van der Waals surface area contributed by atoms with Crippen molar-refractivity contribution >= 4 is 15.9 Å². The second kappa shape index (κ2) is 3.93. The van der Waals surface area contributed by atoms with Crippen molar-refractivity contribution < 1.29 is 4.74 Å². The van der Waals surface area contributed by atoms with Crippen LogP contribution in [0, 0.1) is 17.8 Å². The zero-order valence-electron chi connectivity index (χ0n) is 7.21. The van der Waals surface area contributed by atoms with Gasteiger partial charge >= 0.3 is 0 Å². The largest absolute Gasteiger partial charge is 0.380 e. The highest BCUT2D eigenvalue weighted by molar-refractivity contribution is 9.09. The third-order valence-corrected chi connectivity index (χ3v) is 3.29. The van der Waals surface area contributed by atoms with Gasteiger partial charge in [-0.25, -0.2) is 0 Å². The van der Waals surface area contributed by atoms with E-state index in [1.165, 1.54) is 12.8 Å².